The van der Waals surface area contributed by atoms with Gasteiger partial charge in [0.05, 0.1) is 12.7 Å². The van der Waals surface area contributed by atoms with Crippen LogP contribution in [0.1, 0.15) is 5.69 Å². The molecule has 1 radical (unpaired) electrons. The van der Waals surface area contributed by atoms with Crippen LogP contribution in [0.5, 0.6) is 0 Å². The number of rotatable bonds is 2. The van der Waals surface area contributed by atoms with Crippen molar-refractivity contribution < 1.29 is 0 Å². The van der Waals surface area contributed by atoms with Gasteiger partial charge in [-0.25, -0.2) is 0 Å². The molecule has 2 heteroatoms. The molecule has 1 aromatic heterocycles. The Labute approximate surface area is 54.8 Å². The standard InChI is InChI=1S/C7H9N2/c1-3-6-9-7(2)4-5-8-9/h3,5H,1,6H2,2H3. The second kappa shape index (κ2) is 2.49. The summed E-state index contributed by atoms with van der Waals surface area (Å²) in [6.07, 6.45) is 3.48. The second-order valence-corrected chi connectivity index (χ2v) is 1.85. The van der Waals surface area contributed by atoms with Crippen molar-refractivity contribution in [3.8, 4) is 0 Å². The lowest BCUT2D eigenvalue weighted by atomic mass is 10.5. The molecular formula is C7H9N2. The van der Waals surface area contributed by atoms with Gasteiger partial charge in [-0.2, -0.15) is 5.10 Å². The number of hydrogen-bond acceptors (Lipinski definition) is 1. The van der Waals surface area contributed by atoms with E-state index in [4.69, 9.17) is 0 Å². The number of allylic oxidation sites excluding steroid dienone is 1. The van der Waals surface area contributed by atoms with E-state index >= 15 is 0 Å². The van der Waals surface area contributed by atoms with Gasteiger partial charge in [0.25, 0.3) is 0 Å². The van der Waals surface area contributed by atoms with Gasteiger partial charge in [-0.05, 0) is 6.92 Å². The minimum absolute atomic E-state index is 0.773. The van der Waals surface area contributed by atoms with E-state index in [0.29, 0.717) is 0 Å². The first-order chi connectivity index (χ1) is 4.34. The molecule has 0 bridgehead atoms. The Morgan fingerprint density at radius 2 is 2.78 bits per heavy atom. The summed E-state index contributed by atoms with van der Waals surface area (Å²) in [4.78, 5) is 0. The molecule has 0 aromatic carbocycles. The lowest BCUT2D eigenvalue weighted by Gasteiger charge is -1.95. The van der Waals surface area contributed by atoms with E-state index in [1.807, 2.05) is 17.7 Å². The molecule has 0 fully saturated rings. The van der Waals surface area contributed by atoms with Crippen molar-refractivity contribution in [1.82, 2.24) is 9.78 Å². The van der Waals surface area contributed by atoms with Crippen LogP contribution in [0.3, 0.4) is 0 Å². The number of aryl methyl sites for hydroxylation is 1. The summed E-state index contributed by atoms with van der Waals surface area (Å²) >= 11 is 0. The first-order valence-corrected chi connectivity index (χ1v) is 2.85. The molecular weight excluding hydrogens is 112 g/mol. The second-order valence-electron chi connectivity index (χ2n) is 1.85. The van der Waals surface area contributed by atoms with E-state index in [-0.39, 0.29) is 0 Å². The summed E-state index contributed by atoms with van der Waals surface area (Å²) in [5, 5.41) is 4.00. The van der Waals surface area contributed by atoms with E-state index < -0.39 is 0 Å². The first-order valence-electron chi connectivity index (χ1n) is 2.85. The van der Waals surface area contributed by atoms with E-state index in [1.165, 1.54) is 0 Å². The van der Waals surface area contributed by atoms with Crippen LogP contribution in [-0.4, -0.2) is 9.78 Å². The summed E-state index contributed by atoms with van der Waals surface area (Å²) < 4.78 is 1.84. The zero-order valence-electron chi connectivity index (χ0n) is 5.46. The summed E-state index contributed by atoms with van der Waals surface area (Å²) in [6, 6.07) is 2.96. The van der Waals surface area contributed by atoms with Crippen molar-refractivity contribution in [3.63, 3.8) is 0 Å². The minimum Gasteiger partial charge on any atom is -0.265 e. The Bertz CT molecular complexity index is 200. The van der Waals surface area contributed by atoms with Crippen LogP contribution >= 0.6 is 0 Å². The van der Waals surface area contributed by atoms with Crippen LogP contribution in [0.15, 0.2) is 18.9 Å². The number of nitrogens with zero attached hydrogens (tertiary/aromatic N) is 2. The molecule has 2 nitrogen and oxygen atoms in total. The monoisotopic (exact) mass is 121 g/mol. The summed E-state index contributed by atoms with van der Waals surface area (Å²) in [5.41, 5.74) is 1.05. The highest BCUT2D eigenvalue weighted by Crippen LogP contribution is 1.93. The van der Waals surface area contributed by atoms with Gasteiger partial charge >= 0.3 is 0 Å². The van der Waals surface area contributed by atoms with Gasteiger partial charge in [-0.1, -0.05) is 6.08 Å². The largest absolute Gasteiger partial charge is 0.265 e. The van der Waals surface area contributed by atoms with Crippen LogP contribution in [-0.2, 0) is 6.54 Å². The molecule has 1 heterocycles. The highest BCUT2D eigenvalue weighted by molar-refractivity contribution is 4.94. The molecule has 9 heavy (non-hydrogen) atoms. The molecule has 0 aliphatic heterocycles. The minimum atomic E-state index is 0.773. The topological polar surface area (TPSA) is 17.8 Å². The lowest BCUT2D eigenvalue weighted by molar-refractivity contribution is 0.679. The molecule has 47 valence electrons. The van der Waals surface area contributed by atoms with Gasteiger partial charge in [-0.3, -0.25) is 4.68 Å². The van der Waals surface area contributed by atoms with Gasteiger partial charge in [0.15, 0.2) is 0 Å². The maximum atomic E-state index is 4.00. The van der Waals surface area contributed by atoms with Crippen LogP contribution < -0.4 is 0 Å². The third-order valence-corrected chi connectivity index (χ3v) is 1.16. The highest BCUT2D eigenvalue weighted by atomic mass is 15.3. The molecule has 0 amide bonds. The van der Waals surface area contributed by atoms with Crippen LogP contribution in [0.4, 0.5) is 0 Å². The first kappa shape index (κ1) is 6.08. The molecule has 1 aromatic rings. The maximum Gasteiger partial charge on any atom is 0.0590 e. The van der Waals surface area contributed by atoms with E-state index in [2.05, 4.69) is 17.7 Å². The predicted octanol–water partition coefficient (Wildman–Crippen LogP) is 1.18. The Morgan fingerprint density at radius 1 is 2.00 bits per heavy atom. The van der Waals surface area contributed by atoms with Crippen molar-refractivity contribution in [2.75, 3.05) is 0 Å². The molecule has 0 saturated heterocycles. The fraction of sp³-hybridized carbons (Fsp3) is 0.286. The fourth-order valence-corrected chi connectivity index (χ4v) is 0.659. The SMILES string of the molecule is C=CCn1nc[c]c1C. The normalized spacial score (nSPS) is 9.44. The van der Waals surface area contributed by atoms with E-state index in [0.717, 1.165) is 12.2 Å². The third-order valence-electron chi connectivity index (χ3n) is 1.16. The molecule has 1 rings (SSSR count). The van der Waals surface area contributed by atoms with Crippen molar-refractivity contribution in [1.29, 1.82) is 0 Å². The van der Waals surface area contributed by atoms with E-state index in [9.17, 15) is 0 Å². The number of aromatic nitrogens is 2. The van der Waals surface area contributed by atoms with Gasteiger partial charge < -0.3 is 0 Å². The van der Waals surface area contributed by atoms with Gasteiger partial charge in [-0.15, -0.1) is 6.58 Å². The lowest BCUT2D eigenvalue weighted by Crippen LogP contribution is -1.98. The fourth-order valence-electron chi connectivity index (χ4n) is 0.659. The van der Waals surface area contributed by atoms with Crippen molar-refractivity contribution in [3.05, 3.63) is 30.6 Å². The molecule has 0 unspecified atom stereocenters. The Kier molecular flexibility index (Phi) is 1.68. The molecule has 0 N–H and O–H groups in total. The van der Waals surface area contributed by atoms with Crippen molar-refractivity contribution in [2.45, 2.75) is 13.5 Å². The summed E-state index contributed by atoms with van der Waals surface area (Å²) in [7, 11) is 0. The molecule has 0 aliphatic rings. The van der Waals surface area contributed by atoms with Crippen molar-refractivity contribution in [2.24, 2.45) is 0 Å². The Morgan fingerprint density at radius 3 is 3.22 bits per heavy atom. The summed E-state index contributed by atoms with van der Waals surface area (Å²) in [5.74, 6) is 0. The summed E-state index contributed by atoms with van der Waals surface area (Å²) in [6.45, 7) is 6.34. The molecule has 0 spiro atoms. The molecule has 0 saturated carbocycles. The van der Waals surface area contributed by atoms with Crippen LogP contribution in [0.25, 0.3) is 0 Å². The van der Waals surface area contributed by atoms with Gasteiger partial charge in [0.1, 0.15) is 0 Å². The van der Waals surface area contributed by atoms with Crippen LogP contribution in [0, 0.1) is 13.0 Å². The highest BCUT2D eigenvalue weighted by Gasteiger charge is 1.90. The average molecular weight is 121 g/mol. The average Bonchev–Trinajstić information content (AvgIpc) is 2.18. The zero-order chi connectivity index (χ0) is 6.69. The Balaban J connectivity index is 2.80. The van der Waals surface area contributed by atoms with Crippen molar-refractivity contribution >= 4 is 0 Å². The smallest absolute Gasteiger partial charge is 0.0590 e. The maximum absolute atomic E-state index is 4.00. The van der Waals surface area contributed by atoms with Crippen LogP contribution in [0.2, 0.25) is 0 Å². The number of hydrogen-bond donors (Lipinski definition) is 0. The van der Waals surface area contributed by atoms with Gasteiger partial charge in [0, 0.05) is 11.8 Å². The quantitative estimate of drug-likeness (QED) is 0.537. The van der Waals surface area contributed by atoms with E-state index in [1.54, 1.807) is 6.20 Å². The zero-order valence-corrected chi connectivity index (χ0v) is 5.46. The van der Waals surface area contributed by atoms with Gasteiger partial charge in [0.2, 0.25) is 0 Å². The predicted molar refractivity (Wildman–Crippen MR) is 36.0 cm³/mol. The Hall–Kier alpha value is -1.05. The molecule has 0 atom stereocenters. The third kappa shape index (κ3) is 1.19. The molecule has 0 aliphatic carbocycles.